The van der Waals surface area contributed by atoms with Crippen LogP contribution in [-0.2, 0) is 14.8 Å². The molecule has 2 aromatic rings. The number of anilines is 1. The van der Waals surface area contributed by atoms with E-state index in [4.69, 9.17) is 9.47 Å². The standard InChI is InChI=1S/C34H47F3N6O5S/c1-4-49(45,46)40-25-6-7-27(47-18-25)17-41-11-9-34(10-12-41)19-42(20-34)32-30(16-38-21-39-32)48-29-8-5-24(35)15-28(29)33(44)43(22(2)3)26-13-23(14-26)31(36)37/h5,8,15-16,21-23,25-27,31,40H,4,6-7,9-14,17-20H2,1-3H3/t23?,25-,26?,27+/m1/s1. The van der Waals surface area contributed by atoms with Gasteiger partial charge in [0.15, 0.2) is 11.6 Å². The van der Waals surface area contributed by atoms with E-state index in [1.54, 1.807) is 11.8 Å². The van der Waals surface area contributed by atoms with E-state index in [9.17, 15) is 26.4 Å². The molecule has 1 aliphatic carbocycles. The molecule has 49 heavy (non-hydrogen) atoms. The van der Waals surface area contributed by atoms with Crippen LogP contribution in [0.25, 0.3) is 0 Å². The van der Waals surface area contributed by atoms with E-state index >= 15 is 0 Å². The van der Waals surface area contributed by atoms with Gasteiger partial charge in [-0.25, -0.2) is 36.3 Å². The van der Waals surface area contributed by atoms with Crippen LogP contribution in [0.3, 0.4) is 0 Å². The minimum Gasteiger partial charge on any atom is -0.451 e. The van der Waals surface area contributed by atoms with Crippen LogP contribution in [0, 0.1) is 17.2 Å². The van der Waals surface area contributed by atoms with Crippen molar-refractivity contribution in [3.05, 3.63) is 42.1 Å². The molecule has 3 aliphatic heterocycles. The number of hydrogen-bond acceptors (Lipinski definition) is 9. The van der Waals surface area contributed by atoms with E-state index in [2.05, 4.69) is 24.5 Å². The number of aromatic nitrogens is 2. The molecule has 1 N–H and O–H groups in total. The van der Waals surface area contributed by atoms with Crippen LogP contribution in [-0.4, -0.2) is 110 Å². The summed E-state index contributed by atoms with van der Waals surface area (Å²) in [6, 6.07) is 2.98. The van der Waals surface area contributed by atoms with Crippen LogP contribution in [0.1, 0.15) is 69.7 Å². The lowest BCUT2D eigenvalue weighted by Crippen LogP contribution is -2.61. The van der Waals surface area contributed by atoms with Crippen LogP contribution in [0.15, 0.2) is 30.7 Å². The smallest absolute Gasteiger partial charge is 0.258 e. The highest BCUT2D eigenvalue weighted by atomic mass is 32.2. The first-order valence-electron chi connectivity index (χ1n) is 17.3. The number of carbonyl (C=O) groups excluding carboxylic acids is 1. The van der Waals surface area contributed by atoms with Crippen molar-refractivity contribution in [3.63, 3.8) is 0 Å². The third kappa shape index (κ3) is 8.15. The van der Waals surface area contributed by atoms with Crippen molar-refractivity contribution in [1.82, 2.24) is 24.5 Å². The molecule has 4 aliphatic rings. The summed E-state index contributed by atoms with van der Waals surface area (Å²) in [6.07, 6.45) is 4.69. The number of nitrogens with zero attached hydrogens (tertiary/aromatic N) is 5. The summed E-state index contributed by atoms with van der Waals surface area (Å²) in [4.78, 5) is 28.6. The van der Waals surface area contributed by atoms with Crippen molar-refractivity contribution in [2.24, 2.45) is 11.3 Å². The number of halogens is 3. The van der Waals surface area contributed by atoms with Gasteiger partial charge in [-0.15, -0.1) is 0 Å². The number of piperidine rings is 1. The predicted molar refractivity (Wildman–Crippen MR) is 178 cm³/mol. The van der Waals surface area contributed by atoms with Gasteiger partial charge in [-0.05, 0) is 90.6 Å². The summed E-state index contributed by atoms with van der Waals surface area (Å²) in [5, 5.41) is 0. The lowest BCUT2D eigenvalue weighted by Gasteiger charge is -2.54. The van der Waals surface area contributed by atoms with Gasteiger partial charge in [0.2, 0.25) is 16.4 Å². The highest BCUT2D eigenvalue weighted by Crippen LogP contribution is 2.45. The van der Waals surface area contributed by atoms with Crippen molar-refractivity contribution in [1.29, 1.82) is 0 Å². The molecule has 0 radical (unpaired) electrons. The normalized spacial score (nSPS) is 25.7. The van der Waals surface area contributed by atoms with E-state index in [0.717, 1.165) is 64.5 Å². The van der Waals surface area contributed by atoms with Gasteiger partial charge in [0.25, 0.3) is 5.91 Å². The Morgan fingerprint density at radius 3 is 2.53 bits per heavy atom. The van der Waals surface area contributed by atoms with Crippen molar-refractivity contribution in [3.8, 4) is 11.5 Å². The lowest BCUT2D eigenvalue weighted by atomic mass is 9.72. The first kappa shape index (κ1) is 35.8. The number of rotatable bonds is 12. The molecule has 2 atom stereocenters. The summed E-state index contributed by atoms with van der Waals surface area (Å²) < 4.78 is 79.7. The van der Waals surface area contributed by atoms with Gasteiger partial charge in [-0.2, -0.15) is 0 Å². The Balaban J connectivity index is 1.05. The second-order valence-electron chi connectivity index (χ2n) is 14.4. The molecule has 11 nitrogen and oxygen atoms in total. The molecule has 15 heteroatoms. The molecule has 4 fully saturated rings. The number of alkyl halides is 2. The first-order chi connectivity index (χ1) is 23.3. The van der Waals surface area contributed by atoms with Crippen molar-refractivity contribution >= 4 is 21.7 Å². The molecule has 0 bridgehead atoms. The number of amides is 1. The zero-order chi connectivity index (χ0) is 34.9. The van der Waals surface area contributed by atoms with E-state index in [1.807, 2.05) is 13.8 Å². The van der Waals surface area contributed by atoms with Gasteiger partial charge < -0.3 is 24.2 Å². The molecule has 0 unspecified atom stereocenters. The average Bonchev–Trinajstić information content (AvgIpc) is 3.03. The van der Waals surface area contributed by atoms with Gasteiger partial charge in [0.05, 0.1) is 30.2 Å². The summed E-state index contributed by atoms with van der Waals surface area (Å²) in [7, 11) is -3.24. The van der Waals surface area contributed by atoms with Crippen molar-refractivity contribution in [2.45, 2.75) is 90.0 Å². The molecule has 1 aromatic carbocycles. The molecule has 3 saturated heterocycles. The van der Waals surface area contributed by atoms with E-state index < -0.39 is 34.1 Å². The number of benzene rings is 1. The average molecular weight is 709 g/mol. The maximum atomic E-state index is 14.5. The Morgan fingerprint density at radius 1 is 1.16 bits per heavy atom. The number of nitrogens with one attached hydrogen (secondary N) is 1. The van der Waals surface area contributed by atoms with Crippen LogP contribution in [0.4, 0.5) is 19.0 Å². The molecule has 1 spiro atoms. The minimum absolute atomic E-state index is 0.0242. The topological polar surface area (TPSA) is 117 Å². The SMILES string of the molecule is CCS(=O)(=O)N[C@@H]1CC[C@@H](CN2CCC3(CC2)CN(c2ncncc2Oc2ccc(F)cc2C(=O)N(C(C)C)C2CC(C(F)F)C2)C3)OC1. The Kier molecular flexibility index (Phi) is 10.7. The maximum Gasteiger partial charge on any atom is 0.258 e. The molecular formula is C34H47F3N6O5S. The molecule has 1 aromatic heterocycles. The summed E-state index contributed by atoms with van der Waals surface area (Å²) in [6.45, 7) is 9.96. The van der Waals surface area contributed by atoms with E-state index in [-0.39, 0.29) is 59.6 Å². The lowest BCUT2D eigenvalue weighted by molar-refractivity contribution is -0.0299. The van der Waals surface area contributed by atoms with Crippen LogP contribution < -0.4 is 14.4 Å². The minimum atomic E-state index is -3.24. The largest absolute Gasteiger partial charge is 0.451 e. The number of sulfonamides is 1. The summed E-state index contributed by atoms with van der Waals surface area (Å²) >= 11 is 0. The fourth-order valence-corrected chi connectivity index (χ4v) is 8.49. The third-order valence-electron chi connectivity index (χ3n) is 10.6. The Hall–Kier alpha value is -3.01. The number of likely N-dealkylation sites (tertiary alicyclic amines) is 1. The molecule has 1 saturated carbocycles. The molecule has 270 valence electrons. The van der Waals surface area contributed by atoms with Crippen LogP contribution in [0.5, 0.6) is 11.5 Å². The first-order valence-corrected chi connectivity index (χ1v) is 19.0. The third-order valence-corrected chi connectivity index (χ3v) is 12.0. The number of ether oxygens (including phenoxy) is 2. The Bertz CT molecular complexity index is 1570. The second kappa shape index (κ2) is 14.7. The van der Waals surface area contributed by atoms with Crippen LogP contribution in [0.2, 0.25) is 0 Å². The number of hydrogen-bond donors (Lipinski definition) is 1. The Labute approximate surface area is 286 Å². The quantitative estimate of drug-likeness (QED) is 0.335. The zero-order valence-electron chi connectivity index (χ0n) is 28.4. The van der Waals surface area contributed by atoms with Gasteiger partial charge >= 0.3 is 0 Å². The fraction of sp³-hybridized carbons (Fsp3) is 0.676. The molecule has 1 amide bonds. The van der Waals surface area contributed by atoms with Crippen molar-refractivity contribution in [2.75, 3.05) is 50.0 Å². The van der Waals surface area contributed by atoms with Gasteiger partial charge in [-0.3, -0.25) is 4.79 Å². The van der Waals surface area contributed by atoms with E-state index in [0.29, 0.717) is 18.2 Å². The molecule has 6 rings (SSSR count). The monoisotopic (exact) mass is 708 g/mol. The van der Waals surface area contributed by atoms with Gasteiger partial charge in [-0.1, -0.05) is 0 Å². The summed E-state index contributed by atoms with van der Waals surface area (Å²) in [5.74, 6) is -0.645. The maximum absolute atomic E-state index is 14.5. The summed E-state index contributed by atoms with van der Waals surface area (Å²) in [5.41, 5.74) is 0.166. The van der Waals surface area contributed by atoms with Crippen LogP contribution >= 0.6 is 0 Å². The van der Waals surface area contributed by atoms with Crippen molar-refractivity contribution < 1.29 is 35.9 Å². The highest BCUT2D eigenvalue weighted by molar-refractivity contribution is 7.89. The highest BCUT2D eigenvalue weighted by Gasteiger charge is 2.47. The Morgan fingerprint density at radius 2 is 1.90 bits per heavy atom. The molecular weight excluding hydrogens is 661 g/mol. The second-order valence-corrected chi connectivity index (χ2v) is 16.4. The van der Waals surface area contributed by atoms with Gasteiger partial charge in [0.1, 0.15) is 17.9 Å². The van der Waals surface area contributed by atoms with E-state index in [1.165, 1.54) is 24.7 Å². The zero-order valence-corrected chi connectivity index (χ0v) is 29.2. The molecule has 4 heterocycles. The predicted octanol–water partition coefficient (Wildman–Crippen LogP) is 4.69. The van der Waals surface area contributed by atoms with Gasteiger partial charge in [0, 0.05) is 49.1 Å². The fourth-order valence-electron chi connectivity index (χ4n) is 7.63. The number of carbonyl (C=O) groups is 1.